The number of hydrogen-bond donors (Lipinski definition) is 2. The maximum absolute atomic E-state index is 5.99. The summed E-state index contributed by atoms with van der Waals surface area (Å²) in [5.74, 6) is 1.67. The molecular weight excluding hydrogens is 429 g/mol. The summed E-state index contributed by atoms with van der Waals surface area (Å²) in [5, 5.41) is 6.62. The summed E-state index contributed by atoms with van der Waals surface area (Å²) >= 11 is 0. The minimum Gasteiger partial charge on any atom is -0.497 e. The molecule has 25 heavy (non-hydrogen) atoms. The first-order chi connectivity index (χ1) is 11.8. The number of aliphatic imine (C=N–C) groups is 1. The third-order valence-corrected chi connectivity index (χ3v) is 4.39. The molecule has 0 unspecified atom stereocenters. The van der Waals surface area contributed by atoms with Gasteiger partial charge in [-0.3, -0.25) is 4.99 Å². The number of rotatable bonds is 7. The van der Waals surface area contributed by atoms with Gasteiger partial charge in [0.1, 0.15) is 5.75 Å². The highest BCUT2D eigenvalue weighted by Crippen LogP contribution is 2.19. The van der Waals surface area contributed by atoms with E-state index in [9.17, 15) is 0 Å². The molecular formula is C19H32IN3O2. The zero-order valence-corrected chi connectivity index (χ0v) is 17.8. The Morgan fingerprint density at radius 3 is 2.36 bits per heavy atom. The summed E-state index contributed by atoms with van der Waals surface area (Å²) in [5.41, 5.74) is 1.19. The van der Waals surface area contributed by atoms with Gasteiger partial charge < -0.3 is 20.1 Å². The first-order valence-corrected chi connectivity index (χ1v) is 9.01. The van der Waals surface area contributed by atoms with Gasteiger partial charge in [0, 0.05) is 20.1 Å². The van der Waals surface area contributed by atoms with E-state index in [0.717, 1.165) is 31.4 Å². The van der Waals surface area contributed by atoms with Gasteiger partial charge in [0.25, 0.3) is 0 Å². The molecule has 1 aromatic carbocycles. The highest BCUT2D eigenvalue weighted by molar-refractivity contribution is 14.0. The van der Waals surface area contributed by atoms with Gasteiger partial charge >= 0.3 is 0 Å². The van der Waals surface area contributed by atoms with Gasteiger partial charge in [-0.05, 0) is 30.5 Å². The Morgan fingerprint density at radius 1 is 1.08 bits per heavy atom. The molecule has 0 saturated heterocycles. The highest BCUT2D eigenvalue weighted by atomic mass is 127. The van der Waals surface area contributed by atoms with Crippen molar-refractivity contribution in [2.24, 2.45) is 4.99 Å². The Kier molecular flexibility index (Phi) is 11.6. The fourth-order valence-electron chi connectivity index (χ4n) is 2.95. The smallest absolute Gasteiger partial charge is 0.191 e. The van der Waals surface area contributed by atoms with E-state index in [2.05, 4.69) is 15.6 Å². The van der Waals surface area contributed by atoms with Gasteiger partial charge in [0.05, 0.1) is 19.8 Å². The lowest BCUT2D eigenvalue weighted by molar-refractivity contribution is 0.0468. The molecule has 5 nitrogen and oxygen atoms in total. The number of ether oxygens (including phenoxy) is 2. The van der Waals surface area contributed by atoms with Crippen LogP contribution in [0.5, 0.6) is 5.75 Å². The minimum atomic E-state index is 0. The Hall–Kier alpha value is -1.02. The number of hydrogen-bond acceptors (Lipinski definition) is 3. The first-order valence-electron chi connectivity index (χ1n) is 9.01. The van der Waals surface area contributed by atoms with Crippen LogP contribution in [0.2, 0.25) is 0 Å². The van der Waals surface area contributed by atoms with E-state index in [1.165, 1.54) is 44.1 Å². The van der Waals surface area contributed by atoms with Gasteiger partial charge in [-0.2, -0.15) is 0 Å². The van der Waals surface area contributed by atoms with Crippen LogP contribution >= 0.6 is 24.0 Å². The predicted molar refractivity (Wildman–Crippen MR) is 114 cm³/mol. The SMILES string of the molecule is CN=C(NCCOC1CCCCCC1)NCc1ccc(OC)cc1.I. The average Bonchev–Trinajstić information content (AvgIpc) is 2.90. The standard InChI is InChI=1S/C19H31N3O2.HI/c1-20-19(22-15-16-9-11-17(23-2)12-10-16)21-13-14-24-18-7-5-3-4-6-8-18;/h9-12,18H,3-8,13-15H2,1-2H3,(H2,20,21,22);1H. The van der Waals surface area contributed by atoms with Gasteiger partial charge in [-0.25, -0.2) is 0 Å². The molecule has 0 radical (unpaired) electrons. The molecule has 0 aromatic heterocycles. The van der Waals surface area contributed by atoms with Crippen LogP contribution in [-0.2, 0) is 11.3 Å². The van der Waals surface area contributed by atoms with Crippen molar-refractivity contribution in [3.05, 3.63) is 29.8 Å². The topological polar surface area (TPSA) is 54.9 Å². The second-order valence-electron chi connectivity index (χ2n) is 6.18. The second-order valence-corrected chi connectivity index (χ2v) is 6.18. The predicted octanol–water partition coefficient (Wildman–Crippen LogP) is 3.72. The van der Waals surface area contributed by atoms with Crippen LogP contribution in [0.3, 0.4) is 0 Å². The molecule has 0 amide bonds. The van der Waals surface area contributed by atoms with Crippen LogP contribution in [0, 0.1) is 0 Å². The lowest BCUT2D eigenvalue weighted by atomic mass is 10.1. The quantitative estimate of drug-likeness (QED) is 0.214. The fraction of sp³-hybridized carbons (Fsp3) is 0.632. The van der Waals surface area contributed by atoms with Crippen molar-refractivity contribution in [1.82, 2.24) is 10.6 Å². The highest BCUT2D eigenvalue weighted by Gasteiger charge is 2.12. The molecule has 0 spiro atoms. The van der Waals surface area contributed by atoms with Crippen molar-refractivity contribution in [1.29, 1.82) is 0 Å². The molecule has 0 heterocycles. The van der Waals surface area contributed by atoms with E-state index in [0.29, 0.717) is 6.10 Å². The molecule has 2 N–H and O–H groups in total. The van der Waals surface area contributed by atoms with Crippen LogP contribution in [0.4, 0.5) is 0 Å². The maximum atomic E-state index is 5.99. The van der Waals surface area contributed by atoms with E-state index in [1.54, 1.807) is 14.2 Å². The molecule has 1 saturated carbocycles. The Balaban J connectivity index is 0.00000312. The number of nitrogens with zero attached hydrogens (tertiary/aromatic N) is 1. The van der Waals surface area contributed by atoms with E-state index in [-0.39, 0.29) is 24.0 Å². The molecule has 142 valence electrons. The minimum absolute atomic E-state index is 0. The van der Waals surface area contributed by atoms with Crippen molar-refractivity contribution in [3.63, 3.8) is 0 Å². The lowest BCUT2D eigenvalue weighted by Gasteiger charge is -2.17. The normalized spacial score (nSPS) is 15.8. The number of halogens is 1. The monoisotopic (exact) mass is 461 g/mol. The Bertz CT molecular complexity index is 486. The molecule has 6 heteroatoms. The molecule has 1 aliphatic carbocycles. The molecule has 1 fully saturated rings. The van der Waals surface area contributed by atoms with E-state index in [4.69, 9.17) is 9.47 Å². The first kappa shape index (κ1) is 22.0. The van der Waals surface area contributed by atoms with E-state index in [1.807, 2.05) is 24.3 Å². The van der Waals surface area contributed by atoms with Gasteiger partial charge in [-0.1, -0.05) is 37.8 Å². The van der Waals surface area contributed by atoms with Crippen LogP contribution in [0.1, 0.15) is 44.1 Å². The van der Waals surface area contributed by atoms with Crippen molar-refractivity contribution in [3.8, 4) is 5.75 Å². The summed E-state index contributed by atoms with van der Waals surface area (Å²) in [6, 6.07) is 8.03. The molecule has 1 aromatic rings. The third kappa shape index (κ3) is 8.76. The molecule has 2 rings (SSSR count). The lowest BCUT2D eigenvalue weighted by Crippen LogP contribution is -2.38. The number of guanidine groups is 1. The van der Waals surface area contributed by atoms with Crippen LogP contribution in [0.15, 0.2) is 29.3 Å². The second kappa shape index (κ2) is 13.2. The molecule has 0 aliphatic heterocycles. The van der Waals surface area contributed by atoms with Crippen molar-refractivity contribution >= 4 is 29.9 Å². The zero-order chi connectivity index (χ0) is 17.0. The maximum Gasteiger partial charge on any atom is 0.191 e. The van der Waals surface area contributed by atoms with E-state index < -0.39 is 0 Å². The van der Waals surface area contributed by atoms with Crippen LogP contribution in [0.25, 0.3) is 0 Å². The van der Waals surface area contributed by atoms with Gasteiger partial charge in [0.15, 0.2) is 5.96 Å². The van der Waals surface area contributed by atoms with Crippen molar-refractivity contribution in [2.45, 2.75) is 51.2 Å². The summed E-state index contributed by atoms with van der Waals surface area (Å²) in [7, 11) is 3.46. The van der Waals surface area contributed by atoms with Crippen molar-refractivity contribution in [2.75, 3.05) is 27.3 Å². The fourth-order valence-corrected chi connectivity index (χ4v) is 2.95. The Morgan fingerprint density at radius 2 is 1.76 bits per heavy atom. The number of methoxy groups -OCH3 is 1. The van der Waals surface area contributed by atoms with Gasteiger partial charge in [-0.15, -0.1) is 24.0 Å². The summed E-state index contributed by atoms with van der Waals surface area (Å²) in [4.78, 5) is 4.25. The van der Waals surface area contributed by atoms with Crippen LogP contribution in [-0.4, -0.2) is 39.4 Å². The van der Waals surface area contributed by atoms with E-state index >= 15 is 0 Å². The average molecular weight is 461 g/mol. The molecule has 0 atom stereocenters. The summed E-state index contributed by atoms with van der Waals surface area (Å²) in [6.45, 7) is 2.24. The largest absolute Gasteiger partial charge is 0.497 e. The summed E-state index contributed by atoms with van der Waals surface area (Å²) < 4.78 is 11.2. The van der Waals surface area contributed by atoms with Gasteiger partial charge in [0.2, 0.25) is 0 Å². The molecule has 0 bridgehead atoms. The zero-order valence-electron chi connectivity index (χ0n) is 15.4. The third-order valence-electron chi connectivity index (χ3n) is 4.39. The Labute approximate surface area is 169 Å². The number of nitrogens with one attached hydrogen (secondary N) is 2. The summed E-state index contributed by atoms with van der Waals surface area (Å²) in [6.07, 6.45) is 8.21. The molecule has 1 aliphatic rings. The number of benzene rings is 1. The van der Waals surface area contributed by atoms with Crippen molar-refractivity contribution < 1.29 is 9.47 Å². The van der Waals surface area contributed by atoms with Crippen LogP contribution < -0.4 is 15.4 Å².